The summed E-state index contributed by atoms with van der Waals surface area (Å²) in [7, 11) is -1.34. The van der Waals surface area contributed by atoms with E-state index in [0.717, 1.165) is 25.2 Å². The molecule has 0 aromatic carbocycles. The van der Waals surface area contributed by atoms with E-state index in [9.17, 15) is 13.2 Å². The summed E-state index contributed by atoms with van der Waals surface area (Å²) in [6, 6.07) is 3.38. The third kappa shape index (κ3) is 3.65. The van der Waals surface area contributed by atoms with Gasteiger partial charge in [0.1, 0.15) is 0 Å². The minimum absolute atomic E-state index is 0.0226. The number of piperazine rings is 1. The van der Waals surface area contributed by atoms with Crippen LogP contribution in [0.5, 0.6) is 0 Å². The number of aromatic nitrogens is 1. The van der Waals surface area contributed by atoms with E-state index in [4.69, 9.17) is 0 Å². The molecule has 0 amide bonds. The van der Waals surface area contributed by atoms with E-state index < -0.39 is 10.0 Å². The van der Waals surface area contributed by atoms with Crippen LogP contribution in [0.1, 0.15) is 5.56 Å². The zero-order valence-electron chi connectivity index (χ0n) is 11.2. The highest BCUT2D eigenvalue weighted by atomic mass is 32.2. The minimum atomic E-state index is -3.07. The van der Waals surface area contributed by atoms with Gasteiger partial charge >= 0.3 is 0 Å². The van der Waals surface area contributed by atoms with Gasteiger partial charge in [0, 0.05) is 52.0 Å². The Labute approximate surface area is 113 Å². The first-order chi connectivity index (χ1) is 8.86. The van der Waals surface area contributed by atoms with E-state index in [1.54, 1.807) is 17.7 Å². The fraction of sp³-hybridized carbons (Fsp3) is 0.583. The molecule has 0 atom stereocenters. The van der Waals surface area contributed by atoms with Crippen molar-refractivity contribution < 1.29 is 8.42 Å². The zero-order chi connectivity index (χ0) is 14.0. The number of nitrogens with zero attached hydrogens (tertiary/aromatic N) is 3. The number of pyridine rings is 1. The van der Waals surface area contributed by atoms with E-state index >= 15 is 0 Å². The van der Waals surface area contributed by atoms with Gasteiger partial charge in [0.05, 0.1) is 6.26 Å². The Balaban J connectivity index is 1.96. The van der Waals surface area contributed by atoms with Crippen LogP contribution in [0.4, 0.5) is 0 Å². The number of hydrogen-bond donors (Lipinski definition) is 0. The van der Waals surface area contributed by atoms with E-state index in [1.165, 1.54) is 10.6 Å². The smallest absolute Gasteiger partial charge is 0.250 e. The molecule has 1 fully saturated rings. The summed E-state index contributed by atoms with van der Waals surface area (Å²) in [6.45, 7) is 3.24. The number of rotatable bonds is 3. The summed E-state index contributed by atoms with van der Waals surface area (Å²) in [6.07, 6.45) is 3.07. The molecule has 0 spiro atoms. The van der Waals surface area contributed by atoms with Crippen LogP contribution in [0.2, 0.25) is 0 Å². The lowest BCUT2D eigenvalue weighted by molar-refractivity contribution is 0.182. The highest BCUT2D eigenvalue weighted by Gasteiger charge is 2.23. The first-order valence-electron chi connectivity index (χ1n) is 6.19. The molecule has 1 aromatic heterocycles. The fourth-order valence-corrected chi connectivity index (χ4v) is 3.05. The Hall–Kier alpha value is -1.18. The van der Waals surface area contributed by atoms with Crippen molar-refractivity contribution in [2.75, 3.05) is 32.4 Å². The lowest BCUT2D eigenvalue weighted by atomic mass is 10.2. The molecule has 1 saturated heterocycles. The number of sulfonamides is 1. The monoisotopic (exact) mass is 285 g/mol. The molecule has 1 aliphatic rings. The van der Waals surface area contributed by atoms with Crippen LogP contribution < -0.4 is 5.56 Å². The van der Waals surface area contributed by atoms with Crippen LogP contribution in [0.3, 0.4) is 0 Å². The molecule has 0 aliphatic carbocycles. The molecule has 0 bridgehead atoms. The molecule has 19 heavy (non-hydrogen) atoms. The Morgan fingerprint density at radius 3 is 2.32 bits per heavy atom. The van der Waals surface area contributed by atoms with Gasteiger partial charge in [0.15, 0.2) is 0 Å². The Bertz CT molecular complexity index is 601. The van der Waals surface area contributed by atoms with Gasteiger partial charge in [-0.05, 0) is 5.56 Å². The average molecular weight is 285 g/mol. The van der Waals surface area contributed by atoms with E-state index in [0.29, 0.717) is 13.1 Å². The fourth-order valence-electron chi connectivity index (χ4n) is 2.22. The Kier molecular flexibility index (Phi) is 4.07. The average Bonchev–Trinajstić information content (AvgIpc) is 2.33. The topological polar surface area (TPSA) is 62.6 Å². The summed E-state index contributed by atoms with van der Waals surface area (Å²) in [5.74, 6) is 0. The van der Waals surface area contributed by atoms with Crippen molar-refractivity contribution in [1.29, 1.82) is 0 Å². The first-order valence-corrected chi connectivity index (χ1v) is 8.04. The molecule has 0 saturated carbocycles. The normalized spacial score (nSPS) is 18.6. The maximum absolute atomic E-state index is 11.4. The summed E-state index contributed by atoms with van der Waals surface area (Å²) >= 11 is 0. The van der Waals surface area contributed by atoms with Gasteiger partial charge in [-0.2, -0.15) is 4.31 Å². The SMILES string of the molecule is Cn1cc(CN2CCN(S(C)(=O)=O)CC2)ccc1=O. The van der Waals surface area contributed by atoms with Crippen molar-refractivity contribution in [3.63, 3.8) is 0 Å². The largest absolute Gasteiger partial charge is 0.318 e. The van der Waals surface area contributed by atoms with Crippen molar-refractivity contribution in [2.45, 2.75) is 6.54 Å². The van der Waals surface area contributed by atoms with Gasteiger partial charge in [-0.3, -0.25) is 9.69 Å². The molecule has 106 valence electrons. The van der Waals surface area contributed by atoms with E-state index in [-0.39, 0.29) is 5.56 Å². The molecule has 2 rings (SSSR count). The van der Waals surface area contributed by atoms with Gasteiger partial charge in [-0.25, -0.2) is 8.42 Å². The minimum Gasteiger partial charge on any atom is -0.318 e. The lowest BCUT2D eigenvalue weighted by Crippen LogP contribution is -2.47. The maximum atomic E-state index is 11.4. The van der Waals surface area contributed by atoms with Crippen LogP contribution >= 0.6 is 0 Å². The van der Waals surface area contributed by atoms with Crippen LogP contribution in [0.15, 0.2) is 23.1 Å². The molecular weight excluding hydrogens is 266 g/mol. The highest BCUT2D eigenvalue weighted by molar-refractivity contribution is 7.88. The quantitative estimate of drug-likeness (QED) is 0.748. The lowest BCUT2D eigenvalue weighted by Gasteiger charge is -2.33. The second kappa shape index (κ2) is 5.44. The van der Waals surface area contributed by atoms with E-state index in [1.807, 2.05) is 12.3 Å². The van der Waals surface area contributed by atoms with Gasteiger partial charge < -0.3 is 4.57 Å². The maximum Gasteiger partial charge on any atom is 0.250 e. The molecule has 0 unspecified atom stereocenters. The molecule has 0 N–H and O–H groups in total. The summed E-state index contributed by atoms with van der Waals surface area (Å²) in [5.41, 5.74) is 1.04. The number of hydrogen-bond acceptors (Lipinski definition) is 4. The van der Waals surface area contributed by atoms with Crippen molar-refractivity contribution in [2.24, 2.45) is 7.05 Å². The molecule has 6 nitrogen and oxygen atoms in total. The molecule has 1 aromatic rings. The summed E-state index contributed by atoms with van der Waals surface area (Å²) in [5, 5.41) is 0. The highest BCUT2D eigenvalue weighted by Crippen LogP contribution is 2.09. The molecule has 0 radical (unpaired) electrons. The predicted molar refractivity (Wildman–Crippen MR) is 73.4 cm³/mol. The third-order valence-electron chi connectivity index (χ3n) is 3.35. The zero-order valence-corrected chi connectivity index (χ0v) is 12.1. The first kappa shape index (κ1) is 14.2. The standard InChI is InChI=1S/C12H19N3O3S/c1-13-9-11(3-4-12(13)16)10-14-5-7-15(8-6-14)19(2,17)18/h3-4,9H,5-8,10H2,1-2H3. The van der Waals surface area contributed by atoms with Crippen molar-refractivity contribution in [3.05, 3.63) is 34.2 Å². The molecule has 1 aliphatic heterocycles. The van der Waals surface area contributed by atoms with Gasteiger partial charge in [0.2, 0.25) is 15.6 Å². The van der Waals surface area contributed by atoms with Gasteiger partial charge in [-0.1, -0.05) is 6.07 Å². The van der Waals surface area contributed by atoms with Crippen LogP contribution in [0, 0.1) is 0 Å². The summed E-state index contributed by atoms with van der Waals surface area (Å²) < 4.78 is 25.9. The summed E-state index contributed by atoms with van der Waals surface area (Å²) in [4.78, 5) is 13.5. The van der Waals surface area contributed by atoms with Crippen LogP contribution in [-0.4, -0.2) is 54.6 Å². The van der Waals surface area contributed by atoms with E-state index in [2.05, 4.69) is 4.90 Å². The van der Waals surface area contributed by atoms with Crippen molar-refractivity contribution >= 4 is 10.0 Å². The van der Waals surface area contributed by atoms with Gasteiger partial charge in [-0.15, -0.1) is 0 Å². The molecule has 2 heterocycles. The molecular formula is C12H19N3O3S. The molecule has 7 heteroatoms. The number of aryl methyl sites for hydroxylation is 1. The van der Waals surface area contributed by atoms with Crippen LogP contribution in [0.25, 0.3) is 0 Å². The Morgan fingerprint density at radius 2 is 1.79 bits per heavy atom. The Morgan fingerprint density at radius 1 is 1.16 bits per heavy atom. The third-order valence-corrected chi connectivity index (χ3v) is 4.66. The van der Waals surface area contributed by atoms with Gasteiger partial charge in [0.25, 0.3) is 0 Å². The second-order valence-electron chi connectivity index (χ2n) is 4.92. The van der Waals surface area contributed by atoms with Crippen molar-refractivity contribution in [3.8, 4) is 0 Å². The van der Waals surface area contributed by atoms with Crippen molar-refractivity contribution in [1.82, 2.24) is 13.8 Å². The second-order valence-corrected chi connectivity index (χ2v) is 6.91. The predicted octanol–water partition coefficient (Wildman–Crippen LogP) is -0.537. The van der Waals surface area contributed by atoms with Crippen LogP contribution in [-0.2, 0) is 23.6 Å².